The number of nitrogens with zero attached hydrogens (tertiary/aromatic N) is 1. The predicted octanol–water partition coefficient (Wildman–Crippen LogP) is 2.63. The summed E-state index contributed by atoms with van der Waals surface area (Å²) in [5, 5.41) is 2.84. The summed E-state index contributed by atoms with van der Waals surface area (Å²) in [5.41, 5.74) is 1.96. The molecule has 0 atom stereocenters. The van der Waals surface area contributed by atoms with E-state index >= 15 is 0 Å². The van der Waals surface area contributed by atoms with Crippen LogP contribution in [0.5, 0.6) is 5.75 Å². The van der Waals surface area contributed by atoms with E-state index in [0.717, 1.165) is 5.56 Å². The molecule has 6 heteroatoms. The molecule has 0 unspecified atom stereocenters. The summed E-state index contributed by atoms with van der Waals surface area (Å²) < 4.78 is 5.82. The van der Waals surface area contributed by atoms with Gasteiger partial charge in [0.05, 0.1) is 5.56 Å². The van der Waals surface area contributed by atoms with Gasteiger partial charge in [-0.15, -0.1) is 0 Å². The number of rotatable bonds is 7. The van der Waals surface area contributed by atoms with E-state index in [-0.39, 0.29) is 11.5 Å². The third kappa shape index (κ3) is 5.28. The first-order valence-electron chi connectivity index (χ1n) is 8.72. The maximum Gasteiger partial charge on any atom is 0.255 e. The van der Waals surface area contributed by atoms with E-state index in [0.29, 0.717) is 42.4 Å². The lowest BCUT2D eigenvalue weighted by Crippen LogP contribution is -2.27. The van der Waals surface area contributed by atoms with Gasteiger partial charge in [0, 0.05) is 24.7 Å². The first kappa shape index (κ1) is 18.4. The molecule has 0 aliphatic carbocycles. The van der Waals surface area contributed by atoms with Crippen molar-refractivity contribution >= 4 is 5.91 Å². The maximum atomic E-state index is 12.5. The van der Waals surface area contributed by atoms with Gasteiger partial charge in [-0.2, -0.15) is 0 Å². The zero-order chi connectivity index (χ0) is 19.1. The van der Waals surface area contributed by atoms with Crippen molar-refractivity contribution in [3.05, 3.63) is 93.7 Å². The number of aromatic nitrogens is 2. The molecule has 2 N–H and O–H groups in total. The molecule has 0 bridgehead atoms. The molecule has 0 fully saturated rings. The second kappa shape index (κ2) is 8.80. The lowest BCUT2D eigenvalue weighted by Gasteiger charge is -2.12. The molecule has 0 aliphatic rings. The van der Waals surface area contributed by atoms with Crippen LogP contribution < -0.4 is 15.6 Å². The van der Waals surface area contributed by atoms with E-state index < -0.39 is 0 Å². The summed E-state index contributed by atoms with van der Waals surface area (Å²) >= 11 is 0. The van der Waals surface area contributed by atoms with Gasteiger partial charge in [0.1, 0.15) is 18.2 Å². The average Bonchev–Trinajstić information content (AvgIpc) is 2.66. The Morgan fingerprint density at radius 1 is 1.11 bits per heavy atom. The van der Waals surface area contributed by atoms with E-state index in [4.69, 9.17) is 4.74 Å². The van der Waals surface area contributed by atoms with E-state index in [9.17, 15) is 9.59 Å². The van der Waals surface area contributed by atoms with Crippen LogP contribution >= 0.6 is 0 Å². The molecule has 0 saturated heterocycles. The smallest absolute Gasteiger partial charge is 0.255 e. The number of carbonyl (C=O) groups excluding carboxylic acids is 1. The fraction of sp³-hybridized carbons (Fsp3) is 0.190. The van der Waals surface area contributed by atoms with Crippen LogP contribution in [-0.2, 0) is 13.0 Å². The SMILES string of the molecule is Cc1cc(=O)[nH]c(CCNC(=O)c2ccccc2OCc2ccccc2)n1. The van der Waals surface area contributed by atoms with Crippen molar-refractivity contribution in [2.45, 2.75) is 20.0 Å². The normalized spacial score (nSPS) is 10.4. The summed E-state index contributed by atoms with van der Waals surface area (Å²) in [6, 6.07) is 18.3. The summed E-state index contributed by atoms with van der Waals surface area (Å²) in [4.78, 5) is 30.9. The summed E-state index contributed by atoms with van der Waals surface area (Å²) in [7, 11) is 0. The van der Waals surface area contributed by atoms with Crippen LogP contribution in [0, 0.1) is 6.92 Å². The number of amides is 1. The molecule has 0 aliphatic heterocycles. The van der Waals surface area contributed by atoms with Crippen LogP contribution in [0.25, 0.3) is 0 Å². The van der Waals surface area contributed by atoms with Gasteiger partial charge in [0.15, 0.2) is 0 Å². The van der Waals surface area contributed by atoms with Crippen LogP contribution in [0.15, 0.2) is 65.5 Å². The third-order valence-electron chi connectivity index (χ3n) is 3.93. The molecule has 27 heavy (non-hydrogen) atoms. The van der Waals surface area contributed by atoms with Gasteiger partial charge in [-0.25, -0.2) is 4.98 Å². The standard InChI is InChI=1S/C21H21N3O3/c1-15-13-20(25)24-19(23-15)11-12-22-21(26)17-9-5-6-10-18(17)27-14-16-7-3-2-4-8-16/h2-10,13H,11-12,14H2,1H3,(H,22,26)(H,23,24,25). The molecule has 0 spiro atoms. The number of carbonyl (C=O) groups is 1. The van der Waals surface area contributed by atoms with Crippen LogP contribution in [0.4, 0.5) is 0 Å². The number of ether oxygens (including phenoxy) is 1. The summed E-state index contributed by atoms with van der Waals surface area (Å²) in [6.45, 7) is 2.51. The number of aryl methyl sites for hydroxylation is 1. The Bertz CT molecular complexity index is 968. The molecule has 0 saturated carbocycles. The molecule has 138 valence electrons. The van der Waals surface area contributed by atoms with Gasteiger partial charge in [-0.3, -0.25) is 9.59 Å². The number of para-hydroxylation sites is 1. The Balaban J connectivity index is 1.60. The van der Waals surface area contributed by atoms with Gasteiger partial charge >= 0.3 is 0 Å². The Kier molecular flexibility index (Phi) is 5.99. The Morgan fingerprint density at radius 2 is 1.85 bits per heavy atom. The van der Waals surface area contributed by atoms with Crippen LogP contribution in [0.3, 0.4) is 0 Å². The largest absolute Gasteiger partial charge is 0.488 e. The number of benzene rings is 2. The van der Waals surface area contributed by atoms with E-state index in [1.54, 1.807) is 25.1 Å². The second-order valence-electron chi connectivity index (χ2n) is 6.11. The monoisotopic (exact) mass is 363 g/mol. The van der Waals surface area contributed by atoms with Crippen molar-refractivity contribution in [2.75, 3.05) is 6.54 Å². The van der Waals surface area contributed by atoms with Gasteiger partial charge in [-0.05, 0) is 24.6 Å². The number of hydrogen-bond acceptors (Lipinski definition) is 4. The van der Waals surface area contributed by atoms with Crippen LogP contribution in [0.2, 0.25) is 0 Å². The second-order valence-corrected chi connectivity index (χ2v) is 6.11. The fourth-order valence-corrected chi connectivity index (χ4v) is 2.66. The molecule has 6 nitrogen and oxygen atoms in total. The minimum Gasteiger partial charge on any atom is -0.488 e. The van der Waals surface area contributed by atoms with Gasteiger partial charge in [0.25, 0.3) is 11.5 Å². The van der Waals surface area contributed by atoms with E-state index in [2.05, 4.69) is 15.3 Å². The van der Waals surface area contributed by atoms with Crippen molar-refractivity contribution in [3.8, 4) is 5.75 Å². The molecule has 3 rings (SSSR count). The van der Waals surface area contributed by atoms with Crippen molar-refractivity contribution < 1.29 is 9.53 Å². The number of nitrogens with one attached hydrogen (secondary N) is 2. The molecular weight excluding hydrogens is 342 g/mol. The molecule has 1 heterocycles. The maximum absolute atomic E-state index is 12.5. The van der Waals surface area contributed by atoms with Crippen molar-refractivity contribution in [1.82, 2.24) is 15.3 Å². The molecule has 0 radical (unpaired) electrons. The molecule has 1 aromatic heterocycles. The molecular formula is C21H21N3O3. The van der Waals surface area contributed by atoms with Crippen molar-refractivity contribution in [3.63, 3.8) is 0 Å². The van der Waals surface area contributed by atoms with Crippen molar-refractivity contribution in [2.24, 2.45) is 0 Å². The minimum atomic E-state index is -0.228. The highest BCUT2D eigenvalue weighted by Crippen LogP contribution is 2.19. The highest BCUT2D eigenvalue weighted by Gasteiger charge is 2.12. The highest BCUT2D eigenvalue weighted by atomic mass is 16.5. The number of H-pyrrole nitrogens is 1. The number of aromatic amines is 1. The fourth-order valence-electron chi connectivity index (χ4n) is 2.66. The lowest BCUT2D eigenvalue weighted by molar-refractivity contribution is 0.0949. The quantitative estimate of drug-likeness (QED) is 0.676. The van der Waals surface area contributed by atoms with E-state index in [1.165, 1.54) is 6.07 Å². The van der Waals surface area contributed by atoms with Crippen LogP contribution in [0.1, 0.15) is 27.4 Å². The highest BCUT2D eigenvalue weighted by molar-refractivity contribution is 5.96. The first-order chi connectivity index (χ1) is 13.1. The van der Waals surface area contributed by atoms with Gasteiger partial charge in [-0.1, -0.05) is 42.5 Å². The predicted molar refractivity (Wildman–Crippen MR) is 103 cm³/mol. The molecule has 3 aromatic rings. The zero-order valence-electron chi connectivity index (χ0n) is 15.1. The van der Waals surface area contributed by atoms with Crippen LogP contribution in [-0.4, -0.2) is 22.4 Å². The Hall–Kier alpha value is -3.41. The number of hydrogen-bond donors (Lipinski definition) is 2. The molecule has 2 aromatic carbocycles. The third-order valence-corrected chi connectivity index (χ3v) is 3.93. The Morgan fingerprint density at radius 3 is 2.63 bits per heavy atom. The summed E-state index contributed by atoms with van der Waals surface area (Å²) in [5.74, 6) is 0.850. The zero-order valence-corrected chi connectivity index (χ0v) is 15.1. The Labute approximate surface area is 157 Å². The minimum absolute atomic E-state index is 0.191. The van der Waals surface area contributed by atoms with Gasteiger partial charge < -0.3 is 15.0 Å². The lowest BCUT2D eigenvalue weighted by atomic mass is 10.2. The van der Waals surface area contributed by atoms with Crippen molar-refractivity contribution in [1.29, 1.82) is 0 Å². The first-order valence-corrected chi connectivity index (χ1v) is 8.72. The topological polar surface area (TPSA) is 84.1 Å². The average molecular weight is 363 g/mol. The van der Waals surface area contributed by atoms with Gasteiger partial charge in [0.2, 0.25) is 0 Å². The molecule has 1 amide bonds. The summed E-state index contributed by atoms with van der Waals surface area (Å²) in [6.07, 6.45) is 0.440. The van der Waals surface area contributed by atoms with E-state index in [1.807, 2.05) is 36.4 Å².